The first-order valence-corrected chi connectivity index (χ1v) is 5.88. The van der Waals surface area contributed by atoms with Gasteiger partial charge in [-0.25, -0.2) is 9.97 Å². The first-order chi connectivity index (χ1) is 7.70. The second-order valence-electron chi connectivity index (χ2n) is 3.01. The average Bonchev–Trinajstić information content (AvgIpc) is 2.28. The molecule has 0 radical (unpaired) electrons. The molecule has 0 bridgehead atoms. The van der Waals surface area contributed by atoms with E-state index in [1.54, 1.807) is 7.11 Å². The lowest BCUT2D eigenvalue weighted by Gasteiger charge is -2.23. The summed E-state index contributed by atoms with van der Waals surface area (Å²) >= 11 is 9.20. The van der Waals surface area contributed by atoms with Gasteiger partial charge in [0.05, 0.1) is 17.7 Å². The van der Waals surface area contributed by atoms with Crippen molar-refractivity contribution in [2.24, 2.45) is 0 Å². The Morgan fingerprint density at radius 3 is 2.88 bits per heavy atom. The highest BCUT2D eigenvalue weighted by atomic mass is 79.9. The van der Waals surface area contributed by atoms with Crippen LogP contribution in [0.3, 0.4) is 0 Å². The van der Waals surface area contributed by atoms with Crippen LogP contribution in [0.15, 0.2) is 10.8 Å². The topological polar surface area (TPSA) is 58.5 Å². The number of hydrogen-bond acceptors (Lipinski definition) is 5. The molecule has 0 atom stereocenters. The number of halogens is 2. The molecule has 1 heterocycles. The van der Waals surface area contributed by atoms with E-state index in [-0.39, 0.29) is 6.61 Å². The standard InChI is InChI=1S/C9H13BrClN3O2/c1-16-5-3-14(2-4-15)9-7(10)8(11)12-6-13-9/h6,15H,2-5H2,1H3. The summed E-state index contributed by atoms with van der Waals surface area (Å²) in [5, 5.41) is 9.34. The average molecular weight is 311 g/mol. The molecule has 7 heteroatoms. The zero-order valence-electron chi connectivity index (χ0n) is 8.86. The van der Waals surface area contributed by atoms with Gasteiger partial charge in [0.1, 0.15) is 17.3 Å². The number of aliphatic hydroxyl groups excluding tert-OH is 1. The summed E-state index contributed by atoms with van der Waals surface area (Å²) in [5.74, 6) is 0.658. The maximum atomic E-state index is 8.98. The molecule has 0 spiro atoms. The van der Waals surface area contributed by atoms with Gasteiger partial charge in [0, 0.05) is 20.2 Å². The second kappa shape index (κ2) is 7.01. The van der Waals surface area contributed by atoms with Crippen LogP contribution in [0.4, 0.5) is 5.82 Å². The number of anilines is 1. The van der Waals surface area contributed by atoms with Gasteiger partial charge in [0.15, 0.2) is 0 Å². The zero-order chi connectivity index (χ0) is 12.0. The minimum atomic E-state index is 0.0395. The van der Waals surface area contributed by atoms with Crippen LogP contribution in [-0.4, -0.2) is 48.5 Å². The lowest BCUT2D eigenvalue weighted by molar-refractivity contribution is 0.202. The Morgan fingerprint density at radius 1 is 1.50 bits per heavy atom. The van der Waals surface area contributed by atoms with E-state index in [9.17, 15) is 0 Å². The molecule has 1 aromatic heterocycles. The van der Waals surface area contributed by atoms with Crippen LogP contribution in [0.25, 0.3) is 0 Å². The van der Waals surface area contributed by atoms with Crippen LogP contribution in [0.1, 0.15) is 0 Å². The maximum absolute atomic E-state index is 8.98. The van der Waals surface area contributed by atoms with E-state index in [1.165, 1.54) is 6.33 Å². The third-order valence-corrected chi connectivity index (χ3v) is 3.21. The van der Waals surface area contributed by atoms with Crippen LogP contribution < -0.4 is 4.90 Å². The molecule has 0 fully saturated rings. The number of methoxy groups -OCH3 is 1. The van der Waals surface area contributed by atoms with Gasteiger partial charge in [-0.15, -0.1) is 0 Å². The van der Waals surface area contributed by atoms with E-state index < -0.39 is 0 Å². The van der Waals surface area contributed by atoms with Crippen LogP contribution >= 0.6 is 27.5 Å². The van der Waals surface area contributed by atoms with Crippen molar-refractivity contribution in [3.63, 3.8) is 0 Å². The van der Waals surface area contributed by atoms with Crippen molar-refractivity contribution in [3.8, 4) is 0 Å². The SMILES string of the molecule is COCCN(CCO)c1ncnc(Cl)c1Br. The molecule has 0 aliphatic carbocycles. The molecule has 1 aromatic rings. The number of ether oxygens (including phenoxy) is 1. The predicted molar refractivity (Wildman–Crippen MR) is 65.9 cm³/mol. The molecular formula is C9H13BrClN3O2. The normalized spacial score (nSPS) is 10.5. The first-order valence-electron chi connectivity index (χ1n) is 4.71. The summed E-state index contributed by atoms with van der Waals surface area (Å²) in [6, 6.07) is 0. The van der Waals surface area contributed by atoms with E-state index in [0.29, 0.717) is 35.1 Å². The molecule has 1 N–H and O–H groups in total. The Hall–Kier alpha value is -0.430. The van der Waals surface area contributed by atoms with Gasteiger partial charge < -0.3 is 14.7 Å². The molecule has 0 aliphatic rings. The van der Waals surface area contributed by atoms with Crippen LogP contribution in [0.2, 0.25) is 5.15 Å². The number of aliphatic hydroxyl groups is 1. The smallest absolute Gasteiger partial charge is 0.148 e. The fraction of sp³-hybridized carbons (Fsp3) is 0.556. The molecule has 0 amide bonds. The number of hydrogen-bond donors (Lipinski definition) is 1. The molecular weight excluding hydrogens is 297 g/mol. The molecule has 0 saturated heterocycles. The molecule has 90 valence electrons. The minimum Gasteiger partial charge on any atom is -0.395 e. The molecule has 5 nitrogen and oxygen atoms in total. The first kappa shape index (κ1) is 13.6. The third kappa shape index (κ3) is 3.55. The molecule has 0 aromatic carbocycles. The summed E-state index contributed by atoms with van der Waals surface area (Å²) in [6.07, 6.45) is 1.39. The zero-order valence-corrected chi connectivity index (χ0v) is 11.2. The van der Waals surface area contributed by atoms with Crippen LogP contribution in [0, 0.1) is 0 Å². The van der Waals surface area contributed by atoms with Gasteiger partial charge in [0.25, 0.3) is 0 Å². The van der Waals surface area contributed by atoms with Gasteiger partial charge in [-0.2, -0.15) is 0 Å². The lowest BCUT2D eigenvalue weighted by Crippen LogP contribution is -2.31. The fourth-order valence-corrected chi connectivity index (χ4v) is 1.79. The Bertz CT molecular complexity index is 341. The highest BCUT2D eigenvalue weighted by molar-refractivity contribution is 9.10. The Kier molecular flexibility index (Phi) is 5.97. The van der Waals surface area contributed by atoms with Crippen molar-refractivity contribution in [1.82, 2.24) is 9.97 Å². The summed E-state index contributed by atoms with van der Waals surface area (Å²) < 4.78 is 5.62. The summed E-state index contributed by atoms with van der Waals surface area (Å²) in [7, 11) is 1.62. The largest absolute Gasteiger partial charge is 0.395 e. The molecule has 0 unspecified atom stereocenters. The number of nitrogens with zero attached hydrogens (tertiary/aromatic N) is 3. The van der Waals surface area contributed by atoms with E-state index in [2.05, 4.69) is 25.9 Å². The van der Waals surface area contributed by atoms with E-state index in [1.807, 2.05) is 4.90 Å². The number of rotatable bonds is 6. The van der Waals surface area contributed by atoms with Crippen molar-refractivity contribution in [3.05, 3.63) is 16.0 Å². The Morgan fingerprint density at radius 2 is 2.25 bits per heavy atom. The fourth-order valence-electron chi connectivity index (χ4n) is 1.21. The van der Waals surface area contributed by atoms with Gasteiger partial charge in [-0.3, -0.25) is 0 Å². The van der Waals surface area contributed by atoms with Gasteiger partial charge in [0.2, 0.25) is 0 Å². The van der Waals surface area contributed by atoms with Gasteiger partial charge >= 0.3 is 0 Å². The molecule has 0 saturated carbocycles. The lowest BCUT2D eigenvalue weighted by atomic mass is 10.4. The summed E-state index contributed by atoms with van der Waals surface area (Å²) in [4.78, 5) is 9.85. The predicted octanol–water partition coefficient (Wildman–Crippen LogP) is 1.34. The van der Waals surface area contributed by atoms with Crippen molar-refractivity contribution in [1.29, 1.82) is 0 Å². The van der Waals surface area contributed by atoms with Crippen molar-refractivity contribution in [2.45, 2.75) is 0 Å². The maximum Gasteiger partial charge on any atom is 0.148 e. The van der Waals surface area contributed by atoms with Crippen LogP contribution in [0.5, 0.6) is 0 Å². The van der Waals surface area contributed by atoms with Crippen molar-refractivity contribution in [2.75, 3.05) is 38.3 Å². The van der Waals surface area contributed by atoms with Crippen LogP contribution in [-0.2, 0) is 4.74 Å². The van der Waals surface area contributed by atoms with Crippen molar-refractivity contribution < 1.29 is 9.84 Å². The summed E-state index contributed by atoms with van der Waals surface area (Å²) in [6.45, 7) is 1.68. The third-order valence-electron chi connectivity index (χ3n) is 1.96. The van der Waals surface area contributed by atoms with Gasteiger partial charge in [-0.1, -0.05) is 11.6 Å². The van der Waals surface area contributed by atoms with Gasteiger partial charge in [-0.05, 0) is 15.9 Å². The van der Waals surface area contributed by atoms with E-state index in [4.69, 9.17) is 21.4 Å². The summed E-state index contributed by atoms with van der Waals surface area (Å²) in [5.41, 5.74) is 0. The van der Waals surface area contributed by atoms with Crippen molar-refractivity contribution >= 4 is 33.3 Å². The number of aromatic nitrogens is 2. The Labute approximate surface area is 108 Å². The minimum absolute atomic E-state index is 0.0395. The van der Waals surface area contributed by atoms with E-state index in [0.717, 1.165) is 0 Å². The highest BCUT2D eigenvalue weighted by Gasteiger charge is 2.13. The molecule has 0 aliphatic heterocycles. The quantitative estimate of drug-likeness (QED) is 0.804. The molecule has 16 heavy (non-hydrogen) atoms. The highest BCUT2D eigenvalue weighted by Crippen LogP contribution is 2.28. The Balaban J connectivity index is 2.86. The monoisotopic (exact) mass is 309 g/mol. The second-order valence-corrected chi connectivity index (χ2v) is 4.16. The van der Waals surface area contributed by atoms with E-state index >= 15 is 0 Å². The molecule has 1 rings (SSSR count).